The van der Waals surface area contributed by atoms with E-state index in [-0.39, 0.29) is 15.4 Å². The Balaban J connectivity index is 0.000000193. The van der Waals surface area contributed by atoms with Crippen LogP contribution in [0.15, 0.2) is 102 Å². The Bertz CT molecular complexity index is 2280. The van der Waals surface area contributed by atoms with Crippen LogP contribution in [0.4, 0.5) is 18.9 Å². The van der Waals surface area contributed by atoms with E-state index in [4.69, 9.17) is 23.2 Å². The Morgan fingerprint density at radius 1 is 0.739 bits per heavy atom. The van der Waals surface area contributed by atoms with Crippen molar-refractivity contribution in [2.75, 3.05) is 4.72 Å². The van der Waals surface area contributed by atoms with Crippen LogP contribution in [-0.4, -0.2) is 47.3 Å². The van der Waals surface area contributed by atoms with Gasteiger partial charge in [-0.2, -0.15) is 21.6 Å². The summed E-state index contributed by atoms with van der Waals surface area (Å²) in [5, 5.41) is 0.607. The van der Waals surface area contributed by atoms with E-state index in [1.807, 2.05) is 6.07 Å². The zero-order valence-electron chi connectivity index (χ0n) is 22.7. The fraction of sp³-hybridized carbons (Fsp3) is 0.0357. The smallest absolute Gasteiger partial charge is 0.355 e. The molecule has 0 aliphatic carbocycles. The Labute approximate surface area is 269 Å². The maximum Gasteiger partial charge on any atom is 0.534 e. The monoisotopic (exact) mass is 708 g/mol. The van der Waals surface area contributed by atoms with Gasteiger partial charge in [-0.15, -0.1) is 0 Å². The highest BCUT2D eigenvalue weighted by Crippen LogP contribution is 2.29. The first-order valence-corrected chi connectivity index (χ1v) is 16.2. The average molecular weight is 710 g/mol. The number of nitrogens with one attached hydrogen (secondary N) is 1. The largest absolute Gasteiger partial charge is 0.534 e. The number of halogens is 5. The van der Waals surface area contributed by atoms with Gasteiger partial charge in [-0.3, -0.25) is 19.7 Å². The molecule has 0 unspecified atom stereocenters. The molecule has 0 saturated carbocycles. The molecule has 0 aliphatic rings. The van der Waals surface area contributed by atoms with Crippen LogP contribution < -0.4 is 8.91 Å². The fourth-order valence-electron chi connectivity index (χ4n) is 3.79. The molecule has 11 nitrogen and oxygen atoms in total. The normalized spacial score (nSPS) is 11.9. The summed E-state index contributed by atoms with van der Waals surface area (Å²) in [6, 6.07) is 18.6. The number of aromatic nitrogens is 5. The Kier molecular flexibility index (Phi) is 9.25. The number of fused-ring (bicyclic) bond motifs is 2. The van der Waals surface area contributed by atoms with E-state index in [9.17, 15) is 30.0 Å². The molecule has 5 aromatic heterocycles. The van der Waals surface area contributed by atoms with Crippen molar-refractivity contribution in [1.82, 2.24) is 24.9 Å². The highest BCUT2D eigenvalue weighted by molar-refractivity contribution is 7.92. The molecule has 0 saturated heterocycles. The molecule has 18 heteroatoms. The number of hydrogen-bond acceptors (Lipinski definition) is 10. The summed E-state index contributed by atoms with van der Waals surface area (Å²) in [4.78, 5) is 20.5. The second-order valence-corrected chi connectivity index (χ2v) is 13.1. The van der Waals surface area contributed by atoms with Crippen molar-refractivity contribution in [2.45, 2.75) is 10.4 Å². The summed E-state index contributed by atoms with van der Waals surface area (Å²) in [5.74, 6) is -0.736. The van der Waals surface area contributed by atoms with Crippen LogP contribution in [0.1, 0.15) is 0 Å². The molecule has 0 aliphatic heterocycles. The number of alkyl halides is 3. The Morgan fingerprint density at radius 2 is 1.35 bits per heavy atom. The van der Waals surface area contributed by atoms with E-state index < -0.39 is 31.5 Å². The van der Waals surface area contributed by atoms with Crippen LogP contribution in [0, 0.1) is 0 Å². The number of rotatable bonds is 6. The summed E-state index contributed by atoms with van der Waals surface area (Å²) in [7, 11) is -9.45. The maximum atomic E-state index is 12.5. The third-order valence-electron chi connectivity index (χ3n) is 5.86. The van der Waals surface area contributed by atoms with Gasteiger partial charge < -0.3 is 4.18 Å². The summed E-state index contributed by atoms with van der Waals surface area (Å²) in [6.45, 7) is 0. The van der Waals surface area contributed by atoms with Gasteiger partial charge in [0, 0.05) is 30.2 Å². The van der Waals surface area contributed by atoms with Gasteiger partial charge >= 0.3 is 15.6 Å². The topological polar surface area (TPSA) is 154 Å². The number of hydrogen-bond donors (Lipinski definition) is 1. The summed E-state index contributed by atoms with van der Waals surface area (Å²) in [6.07, 6.45) is 6.05. The first-order valence-electron chi connectivity index (χ1n) is 12.6. The van der Waals surface area contributed by atoms with Crippen molar-refractivity contribution in [3.63, 3.8) is 0 Å². The van der Waals surface area contributed by atoms with E-state index in [1.54, 1.807) is 48.8 Å². The Hall–Kier alpha value is -4.64. The molecule has 0 radical (unpaired) electrons. The maximum absolute atomic E-state index is 12.5. The van der Waals surface area contributed by atoms with E-state index >= 15 is 0 Å². The van der Waals surface area contributed by atoms with Crippen LogP contribution >= 0.6 is 23.2 Å². The summed E-state index contributed by atoms with van der Waals surface area (Å²) in [5.41, 5.74) is -2.32. The quantitative estimate of drug-likeness (QED) is 0.147. The van der Waals surface area contributed by atoms with Crippen LogP contribution in [0.2, 0.25) is 10.0 Å². The Morgan fingerprint density at radius 3 is 1.98 bits per heavy atom. The van der Waals surface area contributed by atoms with Crippen molar-refractivity contribution in [1.29, 1.82) is 0 Å². The summed E-state index contributed by atoms with van der Waals surface area (Å²) >= 11 is 12.0. The van der Waals surface area contributed by atoms with Crippen LogP contribution in [-0.2, 0) is 20.1 Å². The van der Waals surface area contributed by atoms with Crippen molar-refractivity contribution in [2.24, 2.45) is 0 Å². The first kappa shape index (κ1) is 32.7. The number of sulfonamides is 1. The molecule has 0 amide bonds. The van der Waals surface area contributed by atoms with Gasteiger partial charge in [0.1, 0.15) is 11.0 Å². The molecule has 0 bridgehead atoms. The second-order valence-electron chi connectivity index (χ2n) is 9.03. The van der Waals surface area contributed by atoms with Gasteiger partial charge in [0.15, 0.2) is 0 Å². The zero-order chi connectivity index (χ0) is 33.1. The minimum atomic E-state index is -5.76. The van der Waals surface area contributed by atoms with Gasteiger partial charge in [-0.05, 0) is 48.5 Å². The SMILES string of the molecule is O=S(=O)(Nc1cncc(-c2ccc3nccc(Cl)c3n2)c1)c1ccccc1.O=S(=O)(Oc1ccc2nccc(Cl)c2n1)C(F)(F)F. The van der Waals surface area contributed by atoms with Crippen molar-refractivity contribution >= 4 is 71.1 Å². The van der Waals surface area contributed by atoms with Gasteiger partial charge in [0.25, 0.3) is 10.0 Å². The number of benzene rings is 1. The van der Waals surface area contributed by atoms with Gasteiger partial charge in [-0.25, -0.2) is 18.4 Å². The van der Waals surface area contributed by atoms with Crippen molar-refractivity contribution < 1.29 is 34.2 Å². The number of nitrogens with zero attached hydrogens (tertiary/aromatic N) is 5. The van der Waals surface area contributed by atoms with Crippen molar-refractivity contribution in [3.8, 4) is 17.1 Å². The van der Waals surface area contributed by atoms with Crippen LogP contribution in [0.5, 0.6) is 5.88 Å². The molecule has 5 heterocycles. The van der Waals surface area contributed by atoms with E-state index in [2.05, 4.69) is 33.8 Å². The molecule has 1 aromatic carbocycles. The van der Waals surface area contributed by atoms with Crippen molar-refractivity contribution in [3.05, 3.63) is 108 Å². The minimum absolute atomic E-state index is 0.0408. The molecule has 6 aromatic rings. The van der Waals surface area contributed by atoms with Crippen LogP contribution in [0.3, 0.4) is 0 Å². The van der Waals surface area contributed by atoms with Gasteiger partial charge in [0.05, 0.1) is 43.6 Å². The molecular weight excluding hydrogens is 692 g/mol. The third-order valence-corrected chi connectivity index (χ3v) is 8.83. The standard InChI is InChI=1S/C19H13ClN4O2S.C9H4ClF3N2O3S/c20-16-8-9-22-18-7-6-17(23-19(16)18)13-10-14(12-21-11-13)24-27(25,26)15-4-2-1-3-5-15;10-5-3-4-14-6-1-2-7(15-8(5)6)18-19(16,17)9(11,12)13/h1-12,24H;1-4H. The number of pyridine rings is 5. The molecule has 0 atom stereocenters. The molecule has 236 valence electrons. The zero-order valence-corrected chi connectivity index (χ0v) is 25.9. The highest BCUT2D eigenvalue weighted by Gasteiger charge is 2.48. The van der Waals surface area contributed by atoms with Gasteiger partial charge in [-0.1, -0.05) is 41.4 Å². The molecule has 0 fully saturated rings. The lowest BCUT2D eigenvalue weighted by Gasteiger charge is -2.09. The minimum Gasteiger partial charge on any atom is -0.355 e. The van der Waals surface area contributed by atoms with Crippen LogP contribution in [0.25, 0.3) is 33.3 Å². The average Bonchev–Trinajstić information content (AvgIpc) is 3.01. The fourth-order valence-corrected chi connectivity index (χ4v) is 5.64. The van der Waals surface area contributed by atoms with E-state index in [0.717, 1.165) is 6.07 Å². The predicted octanol–water partition coefficient (Wildman–Crippen LogP) is 6.66. The lowest BCUT2D eigenvalue weighted by Crippen LogP contribution is -2.28. The molecular formula is C28H17Cl2F3N6O5S2. The second kappa shape index (κ2) is 13.0. The van der Waals surface area contributed by atoms with Gasteiger partial charge in [0.2, 0.25) is 5.88 Å². The van der Waals surface area contributed by atoms with E-state index in [0.29, 0.717) is 38.5 Å². The van der Waals surface area contributed by atoms with E-state index in [1.165, 1.54) is 36.7 Å². The predicted molar refractivity (Wildman–Crippen MR) is 165 cm³/mol. The lowest BCUT2D eigenvalue weighted by atomic mass is 10.1. The molecule has 0 spiro atoms. The lowest BCUT2D eigenvalue weighted by molar-refractivity contribution is -0.0501. The molecule has 46 heavy (non-hydrogen) atoms. The summed E-state index contributed by atoms with van der Waals surface area (Å²) < 4.78 is 89.4. The number of anilines is 1. The first-order chi connectivity index (χ1) is 21.7. The molecule has 1 N–H and O–H groups in total. The highest BCUT2D eigenvalue weighted by atomic mass is 35.5. The molecule has 6 rings (SSSR count). The third kappa shape index (κ3) is 7.42.